The van der Waals surface area contributed by atoms with E-state index in [1.807, 2.05) is 18.3 Å². The molecule has 0 saturated heterocycles. The van der Waals surface area contributed by atoms with Gasteiger partial charge in [0.1, 0.15) is 10.6 Å². The van der Waals surface area contributed by atoms with Gasteiger partial charge in [-0.3, -0.25) is 9.67 Å². The van der Waals surface area contributed by atoms with Crippen molar-refractivity contribution in [2.45, 2.75) is 25.3 Å². The highest BCUT2D eigenvalue weighted by atomic mass is 32.2. The van der Waals surface area contributed by atoms with E-state index in [-0.39, 0.29) is 17.2 Å². The molecule has 3 rings (SSSR count). The second-order valence-electron chi connectivity index (χ2n) is 5.28. The topological polar surface area (TPSA) is 103 Å². The van der Waals surface area contributed by atoms with Crippen molar-refractivity contribution in [3.8, 4) is 11.1 Å². The van der Waals surface area contributed by atoms with Crippen LogP contribution in [0.4, 0.5) is 0 Å². The standard InChI is InChI=1S/C15H17N5O3S/c1-11-15(12(2)23-19-11)24(21,22)18-6-7-20-10-14(9-17-20)13-4-3-5-16-8-13/h3-5,8-10,18H,6-7H2,1-2H3. The summed E-state index contributed by atoms with van der Waals surface area (Å²) in [6, 6.07) is 3.79. The molecule has 0 aromatic carbocycles. The first-order chi connectivity index (χ1) is 11.5. The zero-order valence-corrected chi connectivity index (χ0v) is 14.1. The van der Waals surface area contributed by atoms with Crippen LogP contribution in [0.2, 0.25) is 0 Å². The van der Waals surface area contributed by atoms with E-state index in [4.69, 9.17) is 4.52 Å². The molecule has 1 N–H and O–H groups in total. The molecule has 0 atom stereocenters. The van der Waals surface area contributed by atoms with Gasteiger partial charge in [-0.05, 0) is 19.9 Å². The Bertz CT molecular complexity index is 912. The number of hydrogen-bond acceptors (Lipinski definition) is 6. The Kier molecular flexibility index (Phi) is 4.45. The molecule has 0 amide bonds. The highest BCUT2D eigenvalue weighted by Gasteiger charge is 2.23. The van der Waals surface area contributed by atoms with Crippen LogP contribution in [0, 0.1) is 13.8 Å². The maximum atomic E-state index is 12.3. The predicted octanol–water partition coefficient (Wildman–Crippen LogP) is 1.53. The molecule has 0 saturated carbocycles. The fraction of sp³-hybridized carbons (Fsp3) is 0.267. The summed E-state index contributed by atoms with van der Waals surface area (Å²) in [6.45, 7) is 3.78. The number of pyridine rings is 1. The van der Waals surface area contributed by atoms with Crippen molar-refractivity contribution in [2.75, 3.05) is 6.54 Å². The van der Waals surface area contributed by atoms with Crippen LogP contribution in [0.25, 0.3) is 11.1 Å². The summed E-state index contributed by atoms with van der Waals surface area (Å²) in [5.74, 6) is 0.276. The lowest BCUT2D eigenvalue weighted by atomic mass is 10.2. The first-order valence-corrected chi connectivity index (χ1v) is 8.81. The quantitative estimate of drug-likeness (QED) is 0.725. The molecule has 0 unspecified atom stereocenters. The number of sulfonamides is 1. The predicted molar refractivity (Wildman–Crippen MR) is 86.6 cm³/mol. The minimum absolute atomic E-state index is 0.0963. The number of rotatable bonds is 6. The van der Waals surface area contributed by atoms with Crippen molar-refractivity contribution in [3.63, 3.8) is 0 Å². The fourth-order valence-electron chi connectivity index (χ4n) is 2.39. The number of nitrogens with one attached hydrogen (secondary N) is 1. The van der Waals surface area contributed by atoms with Crippen molar-refractivity contribution in [1.29, 1.82) is 0 Å². The fourth-order valence-corrected chi connectivity index (χ4v) is 3.74. The lowest BCUT2D eigenvalue weighted by Gasteiger charge is -2.06. The first kappa shape index (κ1) is 16.3. The van der Waals surface area contributed by atoms with Crippen LogP contribution in [-0.4, -0.2) is 34.9 Å². The highest BCUT2D eigenvalue weighted by Crippen LogP contribution is 2.18. The minimum atomic E-state index is -3.65. The third-order valence-corrected chi connectivity index (χ3v) is 5.20. The van der Waals surface area contributed by atoms with Crippen LogP contribution < -0.4 is 4.72 Å². The molecule has 0 spiro atoms. The van der Waals surface area contributed by atoms with Crippen molar-refractivity contribution in [1.82, 2.24) is 24.6 Å². The normalized spacial score (nSPS) is 11.8. The summed E-state index contributed by atoms with van der Waals surface area (Å²) in [5.41, 5.74) is 2.23. The van der Waals surface area contributed by atoms with Crippen molar-refractivity contribution < 1.29 is 12.9 Å². The molecule has 126 valence electrons. The third kappa shape index (κ3) is 3.36. The van der Waals surface area contributed by atoms with Crippen LogP contribution in [0.5, 0.6) is 0 Å². The Balaban J connectivity index is 1.64. The van der Waals surface area contributed by atoms with Crippen LogP contribution in [0.15, 0.2) is 46.3 Å². The number of aryl methyl sites for hydroxylation is 2. The molecule has 0 radical (unpaired) electrons. The number of nitrogens with zero attached hydrogens (tertiary/aromatic N) is 4. The summed E-state index contributed by atoms with van der Waals surface area (Å²) >= 11 is 0. The van der Waals surface area contributed by atoms with Gasteiger partial charge in [0.2, 0.25) is 10.0 Å². The second kappa shape index (κ2) is 6.54. The smallest absolute Gasteiger partial charge is 0.246 e. The molecule has 8 nitrogen and oxygen atoms in total. The minimum Gasteiger partial charge on any atom is -0.360 e. The van der Waals surface area contributed by atoms with E-state index in [1.54, 1.807) is 37.1 Å². The van der Waals surface area contributed by atoms with E-state index < -0.39 is 10.0 Å². The van der Waals surface area contributed by atoms with E-state index >= 15 is 0 Å². The Morgan fingerprint density at radius 2 is 2.08 bits per heavy atom. The molecule has 3 aromatic rings. The van der Waals surface area contributed by atoms with Crippen LogP contribution in [-0.2, 0) is 16.6 Å². The SMILES string of the molecule is Cc1noc(C)c1S(=O)(=O)NCCn1cc(-c2cccnc2)cn1. The summed E-state index contributed by atoms with van der Waals surface area (Å²) in [7, 11) is -3.65. The van der Waals surface area contributed by atoms with E-state index in [2.05, 4.69) is 20.0 Å². The second-order valence-corrected chi connectivity index (χ2v) is 6.99. The average molecular weight is 347 g/mol. The molecule has 0 aliphatic heterocycles. The van der Waals surface area contributed by atoms with Crippen LogP contribution in [0.1, 0.15) is 11.5 Å². The molecule has 9 heteroatoms. The lowest BCUT2D eigenvalue weighted by Crippen LogP contribution is -2.28. The largest absolute Gasteiger partial charge is 0.360 e. The van der Waals surface area contributed by atoms with E-state index in [0.29, 0.717) is 12.2 Å². The molecular weight excluding hydrogens is 330 g/mol. The molecule has 0 bridgehead atoms. The molecular formula is C15H17N5O3S. The lowest BCUT2D eigenvalue weighted by molar-refractivity contribution is 0.390. The first-order valence-electron chi connectivity index (χ1n) is 7.33. The Morgan fingerprint density at radius 1 is 1.25 bits per heavy atom. The van der Waals surface area contributed by atoms with Gasteiger partial charge in [-0.15, -0.1) is 0 Å². The molecule has 3 aromatic heterocycles. The van der Waals surface area contributed by atoms with Crippen LogP contribution in [0.3, 0.4) is 0 Å². The maximum Gasteiger partial charge on any atom is 0.246 e. The zero-order chi connectivity index (χ0) is 17.2. The average Bonchev–Trinajstić information content (AvgIpc) is 3.15. The molecule has 0 aliphatic rings. The van der Waals surface area contributed by atoms with Gasteiger partial charge < -0.3 is 4.52 Å². The zero-order valence-electron chi connectivity index (χ0n) is 13.3. The summed E-state index contributed by atoms with van der Waals surface area (Å²) in [4.78, 5) is 4.16. The Labute approximate surface area is 139 Å². The maximum absolute atomic E-state index is 12.3. The summed E-state index contributed by atoms with van der Waals surface area (Å²) in [5, 5.41) is 7.90. The molecule has 0 aliphatic carbocycles. The van der Waals surface area contributed by atoms with Gasteiger partial charge in [0.25, 0.3) is 0 Å². The van der Waals surface area contributed by atoms with Crippen molar-refractivity contribution in [2.24, 2.45) is 0 Å². The van der Waals surface area contributed by atoms with Gasteiger partial charge >= 0.3 is 0 Å². The molecule has 0 fully saturated rings. The van der Waals surface area contributed by atoms with Gasteiger partial charge in [-0.1, -0.05) is 11.2 Å². The monoisotopic (exact) mass is 347 g/mol. The van der Waals surface area contributed by atoms with Crippen LogP contribution >= 0.6 is 0 Å². The summed E-state index contributed by atoms with van der Waals surface area (Å²) < 4.78 is 33.7. The van der Waals surface area contributed by atoms with Gasteiger partial charge in [0.05, 0.1) is 12.7 Å². The third-order valence-electron chi connectivity index (χ3n) is 3.50. The Hall–Kier alpha value is -2.52. The van der Waals surface area contributed by atoms with Gasteiger partial charge in [0.15, 0.2) is 5.76 Å². The number of hydrogen-bond donors (Lipinski definition) is 1. The Morgan fingerprint density at radius 3 is 2.75 bits per heavy atom. The van der Waals surface area contributed by atoms with Gasteiger partial charge in [0, 0.05) is 36.3 Å². The van der Waals surface area contributed by atoms with E-state index in [0.717, 1.165) is 11.1 Å². The van der Waals surface area contributed by atoms with Crippen molar-refractivity contribution in [3.05, 3.63) is 48.4 Å². The van der Waals surface area contributed by atoms with Crippen molar-refractivity contribution >= 4 is 10.0 Å². The van der Waals surface area contributed by atoms with Gasteiger partial charge in [-0.2, -0.15) is 5.10 Å². The van der Waals surface area contributed by atoms with Gasteiger partial charge in [-0.25, -0.2) is 13.1 Å². The highest BCUT2D eigenvalue weighted by molar-refractivity contribution is 7.89. The molecule has 3 heterocycles. The van der Waals surface area contributed by atoms with E-state index in [9.17, 15) is 8.42 Å². The molecule has 24 heavy (non-hydrogen) atoms. The van der Waals surface area contributed by atoms with E-state index in [1.165, 1.54) is 0 Å². The summed E-state index contributed by atoms with van der Waals surface area (Å²) in [6.07, 6.45) is 7.03. The number of aromatic nitrogens is 4.